The summed E-state index contributed by atoms with van der Waals surface area (Å²) in [6.45, 7) is 5.61. The van der Waals surface area contributed by atoms with Gasteiger partial charge in [-0.05, 0) is 38.8 Å². The molecule has 2 aromatic rings. The fraction of sp³-hybridized carbons (Fsp3) is 0.438. The largest absolute Gasteiger partial charge is 0.376 e. The van der Waals surface area contributed by atoms with E-state index in [0.717, 1.165) is 36.6 Å². The molecular weight excluding hydrogens is 334 g/mol. The van der Waals surface area contributed by atoms with Gasteiger partial charge in [-0.25, -0.2) is 4.98 Å². The van der Waals surface area contributed by atoms with Crippen molar-refractivity contribution in [1.29, 1.82) is 0 Å². The lowest BCUT2D eigenvalue weighted by atomic mass is 10.2. The summed E-state index contributed by atoms with van der Waals surface area (Å²) in [5, 5.41) is 0.178. The van der Waals surface area contributed by atoms with E-state index >= 15 is 0 Å². The van der Waals surface area contributed by atoms with Crippen LogP contribution < -0.4 is 4.80 Å². The Morgan fingerprint density at radius 1 is 1.57 bits per heavy atom. The molecule has 0 saturated carbocycles. The van der Waals surface area contributed by atoms with Crippen LogP contribution in [0.2, 0.25) is 5.15 Å². The van der Waals surface area contributed by atoms with E-state index in [0.29, 0.717) is 10.4 Å². The number of hydrogen-bond donors (Lipinski definition) is 0. The minimum absolute atomic E-state index is 0.178. The van der Waals surface area contributed by atoms with Crippen LogP contribution in [0.1, 0.15) is 33.8 Å². The van der Waals surface area contributed by atoms with Crippen LogP contribution in [0.25, 0.3) is 0 Å². The van der Waals surface area contributed by atoms with Crippen molar-refractivity contribution in [3.63, 3.8) is 0 Å². The van der Waals surface area contributed by atoms with Crippen LogP contribution in [0, 0.1) is 13.8 Å². The molecule has 3 rings (SSSR count). The third-order valence-corrected chi connectivity index (χ3v) is 5.38. The average molecular weight is 352 g/mol. The lowest BCUT2D eigenvalue weighted by Crippen LogP contribution is -2.25. The lowest BCUT2D eigenvalue weighted by Gasteiger charge is -2.12. The van der Waals surface area contributed by atoms with Crippen molar-refractivity contribution < 1.29 is 9.53 Å². The smallest absolute Gasteiger partial charge is 0.282 e. The number of ether oxygens (including phenoxy) is 1. The Morgan fingerprint density at radius 2 is 2.39 bits per heavy atom. The van der Waals surface area contributed by atoms with Crippen molar-refractivity contribution in [1.82, 2.24) is 9.55 Å². The predicted octanol–water partition coefficient (Wildman–Crippen LogP) is 3.13. The molecule has 1 unspecified atom stereocenters. The molecule has 1 aliphatic heterocycles. The first-order chi connectivity index (χ1) is 11.1. The van der Waals surface area contributed by atoms with E-state index in [1.165, 1.54) is 11.3 Å². The van der Waals surface area contributed by atoms with Gasteiger partial charge in [-0.3, -0.25) is 4.79 Å². The number of pyridine rings is 1. The van der Waals surface area contributed by atoms with Gasteiger partial charge < -0.3 is 9.30 Å². The molecule has 3 heterocycles. The number of halogens is 1. The number of carbonyl (C=O) groups excluding carboxylic acids is 1. The van der Waals surface area contributed by atoms with Crippen LogP contribution in [-0.2, 0) is 11.3 Å². The van der Waals surface area contributed by atoms with Gasteiger partial charge in [0.05, 0.1) is 18.2 Å². The summed E-state index contributed by atoms with van der Waals surface area (Å²) < 4.78 is 7.78. The van der Waals surface area contributed by atoms with Gasteiger partial charge >= 0.3 is 0 Å². The van der Waals surface area contributed by atoms with E-state index in [2.05, 4.69) is 14.5 Å². The van der Waals surface area contributed by atoms with Gasteiger partial charge in [-0.2, -0.15) is 4.99 Å². The fourth-order valence-corrected chi connectivity index (χ4v) is 3.76. The van der Waals surface area contributed by atoms with Crippen LogP contribution in [0.3, 0.4) is 0 Å². The molecule has 1 saturated heterocycles. The molecule has 5 nitrogen and oxygen atoms in total. The molecule has 23 heavy (non-hydrogen) atoms. The maximum Gasteiger partial charge on any atom is 0.282 e. The lowest BCUT2D eigenvalue weighted by molar-refractivity contribution is 0.0945. The summed E-state index contributed by atoms with van der Waals surface area (Å²) in [6, 6.07) is 3.32. The van der Waals surface area contributed by atoms with Crippen molar-refractivity contribution >= 4 is 28.8 Å². The highest BCUT2D eigenvalue weighted by atomic mass is 35.5. The van der Waals surface area contributed by atoms with E-state index in [9.17, 15) is 4.79 Å². The van der Waals surface area contributed by atoms with Crippen molar-refractivity contribution in [2.24, 2.45) is 4.99 Å². The van der Waals surface area contributed by atoms with Gasteiger partial charge in [-0.1, -0.05) is 11.6 Å². The van der Waals surface area contributed by atoms with Crippen LogP contribution >= 0.6 is 22.9 Å². The molecule has 2 aromatic heterocycles. The third-order valence-electron chi connectivity index (χ3n) is 3.99. The van der Waals surface area contributed by atoms with Crippen molar-refractivity contribution in [2.45, 2.75) is 39.3 Å². The Labute approximate surface area is 143 Å². The minimum atomic E-state index is -0.370. The van der Waals surface area contributed by atoms with Gasteiger partial charge in [0.2, 0.25) is 0 Å². The molecule has 0 bridgehead atoms. The number of carbonyl (C=O) groups is 1. The standard InChI is InChI=1S/C16H18ClN3O2S/c1-10-11(2)23-16(20(10)9-12-5-4-8-22-12)19-15(21)13-6-3-7-18-14(13)17/h3,6-7,12H,4-5,8-9H2,1-2H3. The average Bonchev–Trinajstić information content (AvgIpc) is 3.12. The van der Waals surface area contributed by atoms with E-state index in [1.54, 1.807) is 18.3 Å². The number of aryl methyl sites for hydroxylation is 1. The van der Waals surface area contributed by atoms with Crippen molar-refractivity contribution in [3.8, 4) is 0 Å². The first-order valence-electron chi connectivity index (χ1n) is 7.54. The van der Waals surface area contributed by atoms with Gasteiger partial charge in [0.15, 0.2) is 4.80 Å². The van der Waals surface area contributed by atoms with Crippen LogP contribution in [0.15, 0.2) is 23.3 Å². The Kier molecular flexibility index (Phi) is 4.94. The van der Waals surface area contributed by atoms with Gasteiger partial charge in [0, 0.05) is 23.4 Å². The summed E-state index contributed by atoms with van der Waals surface area (Å²) >= 11 is 7.49. The molecule has 0 aromatic carbocycles. The Bertz CT molecular complexity index is 791. The molecule has 1 fully saturated rings. The maximum absolute atomic E-state index is 12.4. The topological polar surface area (TPSA) is 56.5 Å². The summed E-state index contributed by atoms with van der Waals surface area (Å²) in [6.07, 6.45) is 3.88. The normalized spacial score (nSPS) is 18.6. The highest BCUT2D eigenvalue weighted by Crippen LogP contribution is 2.17. The second-order valence-corrected chi connectivity index (χ2v) is 7.07. The van der Waals surface area contributed by atoms with Crippen LogP contribution in [-0.4, -0.2) is 28.2 Å². The van der Waals surface area contributed by atoms with Crippen molar-refractivity contribution in [3.05, 3.63) is 44.4 Å². The number of hydrogen-bond acceptors (Lipinski definition) is 4. The number of rotatable bonds is 3. The molecule has 122 valence electrons. The van der Waals surface area contributed by atoms with Crippen molar-refractivity contribution in [2.75, 3.05) is 6.61 Å². The van der Waals surface area contributed by atoms with E-state index < -0.39 is 0 Å². The summed E-state index contributed by atoms with van der Waals surface area (Å²) in [5.41, 5.74) is 1.44. The predicted molar refractivity (Wildman–Crippen MR) is 89.9 cm³/mol. The molecule has 0 aliphatic carbocycles. The Balaban J connectivity index is 1.97. The van der Waals surface area contributed by atoms with E-state index in [1.807, 2.05) is 13.8 Å². The van der Waals surface area contributed by atoms with Gasteiger partial charge in [0.1, 0.15) is 5.15 Å². The molecule has 0 spiro atoms. The zero-order valence-corrected chi connectivity index (χ0v) is 14.7. The SMILES string of the molecule is Cc1sc(=NC(=O)c2cccnc2Cl)n(CC2CCCO2)c1C. The molecule has 7 heteroatoms. The fourth-order valence-electron chi connectivity index (χ4n) is 2.58. The zero-order valence-electron chi connectivity index (χ0n) is 13.1. The molecule has 1 atom stereocenters. The number of amides is 1. The molecule has 0 radical (unpaired) electrons. The Morgan fingerprint density at radius 3 is 3.09 bits per heavy atom. The second-order valence-electron chi connectivity index (χ2n) is 5.53. The molecular formula is C16H18ClN3O2S. The van der Waals surface area contributed by atoms with Gasteiger partial charge in [-0.15, -0.1) is 11.3 Å². The molecule has 0 N–H and O–H groups in total. The minimum Gasteiger partial charge on any atom is -0.376 e. The summed E-state index contributed by atoms with van der Waals surface area (Å²) in [5.74, 6) is -0.370. The quantitative estimate of drug-likeness (QED) is 0.798. The van der Waals surface area contributed by atoms with Gasteiger partial charge in [0.25, 0.3) is 5.91 Å². The zero-order chi connectivity index (χ0) is 16.4. The first kappa shape index (κ1) is 16.4. The number of aromatic nitrogens is 2. The van der Waals surface area contributed by atoms with E-state index in [-0.39, 0.29) is 17.2 Å². The first-order valence-corrected chi connectivity index (χ1v) is 8.73. The number of thiazole rings is 1. The van der Waals surface area contributed by atoms with Crippen LogP contribution in [0.5, 0.6) is 0 Å². The second kappa shape index (κ2) is 6.95. The highest BCUT2D eigenvalue weighted by Gasteiger charge is 2.19. The summed E-state index contributed by atoms with van der Waals surface area (Å²) in [7, 11) is 0. The third kappa shape index (κ3) is 3.54. The van der Waals surface area contributed by atoms with E-state index in [4.69, 9.17) is 16.3 Å². The Hall–Kier alpha value is -1.50. The highest BCUT2D eigenvalue weighted by molar-refractivity contribution is 7.09. The van der Waals surface area contributed by atoms with Crippen LogP contribution in [0.4, 0.5) is 0 Å². The number of nitrogens with zero attached hydrogens (tertiary/aromatic N) is 3. The maximum atomic E-state index is 12.4. The summed E-state index contributed by atoms with van der Waals surface area (Å²) in [4.78, 5) is 22.4. The molecule has 1 aliphatic rings. The molecule has 1 amide bonds. The monoisotopic (exact) mass is 351 g/mol.